The predicted molar refractivity (Wildman–Crippen MR) is 59.3 cm³/mol. The second-order valence-electron chi connectivity index (χ2n) is 3.45. The SMILES string of the molecule is CCNCc1nccn1CCS(C)(=O)=O. The first-order valence-corrected chi connectivity index (χ1v) is 6.97. The van der Waals surface area contributed by atoms with Crippen LogP contribution in [0.2, 0.25) is 0 Å². The normalized spacial score (nSPS) is 11.9. The van der Waals surface area contributed by atoms with Crippen LogP contribution in [-0.4, -0.2) is 36.5 Å². The minimum Gasteiger partial charge on any atom is -0.333 e. The minimum absolute atomic E-state index is 0.155. The Hall–Kier alpha value is -0.880. The van der Waals surface area contributed by atoms with Crippen molar-refractivity contribution in [2.24, 2.45) is 0 Å². The van der Waals surface area contributed by atoms with E-state index >= 15 is 0 Å². The molecule has 86 valence electrons. The van der Waals surface area contributed by atoms with Gasteiger partial charge in [0.2, 0.25) is 0 Å². The average Bonchev–Trinajstić information content (AvgIpc) is 2.57. The summed E-state index contributed by atoms with van der Waals surface area (Å²) in [6, 6.07) is 0. The van der Waals surface area contributed by atoms with Gasteiger partial charge in [-0.05, 0) is 6.54 Å². The fraction of sp³-hybridized carbons (Fsp3) is 0.667. The molecule has 0 aliphatic heterocycles. The van der Waals surface area contributed by atoms with Gasteiger partial charge in [-0.3, -0.25) is 0 Å². The van der Waals surface area contributed by atoms with E-state index in [2.05, 4.69) is 10.3 Å². The van der Waals surface area contributed by atoms with E-state index in [1.807, 2.05) is 11.5 Å². The Bertz CT molecular complexity index is 397. The van der Waals surface area contributed by atoms with Crippen LogP contribution in [0.1, 0.15) is 12.7 Å². The van der Waals surface area contributed by atoms with Crippen molar-refractivity contribution < 1.29 is 8.42 Å². The van der Waals surface area contributed by atoms with Crippen LogP contribution >= 0.6 is 0 Å². The molecule has 0 aliphatic rings. The predicted octanol–water partition coefficient (Wildman–Crippen LogP) is 0.0372. The number of aryl methyl sites for hydroxylation is 1. The molecular formula is C9H17N3O2S. The Labute approximate surface area is 90.4 Å². The molecule has 0 unspecified atom stereocenters. The van der Waals surface area contributed by atoms with E-state index in [0.717, 1.165) is 12.4 Å². The lowest BCUT2D eigenvalue weighted by molar-refractivity contribution is 0.586. The number of nitrogens with one attached hydrogen (secondary N) is 1. The van der Waals surface area contributed by atoms with Crippen molar-refractivity contribution in [3.8, 4) is 0 Å². The first kappa shape index (κ1) is 12.2. The lowest BCUT2D eigenvalue weighted by Gasteiger charge is -2.06. The molecule has 0 bridgehead atoms. The van der Waals surface area contributed by atoms with Crippen molar-refractivity contribution in [1.82, 2.24) is 14.9 Å². The third kappa shape index (κ3) is 4.44. The van der Waals surface area contributed by atoms with Gasteiger partial charge in [0.25, 0.3) is 0 Å². The Balaban J connectivity index is 2.57. The molecule has 1 aromatic heterocycles. The number of nitrogens with zero attached hydrogens (tertiary/aromatic N) is 2. The van der Waals surface area contributed by atoms with Crippen LogP contribution in [0.4, 0.5) is 0 Å². The van der Waals surface area contributed by atoms with E-state index in [-0.39, 0.29) is 5.75 Å². The van der Waals surface area contributed by atoms with E-state index in [1.54, 1.807) is 12.4 Å². The molecule has 0 spiro atoms. The van der Waals surface area contributed by atoms with Gasteiger partial charge in [-0.25, -0.2) is 13.4 Å². The molecule has 0 aromatic carbocycles. The number of aromatic nitrogens is 2. The zero-order chi connectivity index (χ0) is 11.3. The topological polar surface area (TPSA) is 64.0 Å². The highest BCUT2D eigenvalue weighted by molar-refractivity contribution is 7.90. The van der Waals surface area contributed by atoms with Crippen molar-refractivity contribution in [2.45, 2.75) is 20.0 Å². The van der Waals surface area contributed by atoms with Gasteiger partial charge < -0.3 is 9.88 Å². The maximum atomic E-state index is 11.0. The van der Waals surface area contributed by atoms with Crippen molar-refractivity contribution in [1.29, 1.82) is 0 Å². The highest BCUT2D eigenvalue weighted by Gasteiger charge is 2.06. The highest BCUT2D eigenvalue weighted by atomic mass is 32.2. The van der Waals surface area contributed by atoms with E-state index in [4.69, 9.17) is 0 Å². The van der Waals surface area contributed by atoms with Crippen molar-refractivity contribution in [3.63, 3.8) is 0 Å². The zero-order valence-corrected chi connectivity index (χ0v) is 9.92. The van der Waals surface area contributed by atoms with Gasteiger partial charge in [-0.15, -0.1) is 0 Å². The summed E-state index contributed by atoms with van der Waals surface area (Å²) >= 11 is 0. The summed E-state index contributed by atoms with van der Waals surface area (Å²) in [5.74, 6) is 1.03. The van der Waals surface area contributed by atoms with Crippen molar-refractivity contribution in [3.05, 3.63) is 18.2 Å². The molecule has 0 amide bonds. The van der Waals surface area contributed by atoms with Crippen molar-refractivity contribution in [2.75, 3.05) is 18.6 Å². The molecule has 0 saturated heterocycles. The Morgan fingerprint density at radius 2 is 2.27 bits per heavy atom. The number of hydrogen-bond acceptors (Lipinski definition) is 4. The summed E-state index contributed by atoms with van der Waals surface area (Å²) in [5, 5.41) is 3.16. The minimum atomic E-state index is -2.91. The fourth-order valence-electron chi connectivity index (χ4n) is 1.21. The summed E-state index contributed by atoms with van der Waals surface area (Å²) in [4.78, 5) is 4.16. The van der Waals surface area contributed by atoms with E-state index in [0.29, 0.717) is 13.1 Å². The molecular weight excluding hydrogens is 214 g/mol. The molecule has 15 heavy (non-hydrogen) atoms. The maximum Gasteiger partial charge on any atom is 0.149 e. The van der Waals surface area contributed by atoms with Crippen molar-refractivity contribution >= 4 is 9.84 Å². The maximum absolute atomic E-state index is 11.0. The summed E-state index contributed by atoms with van der Waals surface area (Å²) in [7, 11) is -2.91. The largest absolute Gasteiger partial charge is 0.333 e. The molecule has 1 N–H and O–H groups in total. The zero-order valence-electron chi connectivity index (χ0n) is 9.10. The summed E-state index contributed by atoms with van der Waals surface area (Å²) in [6.07, 6.45) is 4.74. The van der Waals surface area contributed by atoms with E-state index < -0.39 is 9.84 Å². The monoisotopic (exact) mass is 231 g/mol. The second-order valence-corrected chi connectivity index (χ2v) is 5.71. The van der Waals surface area contributed by atoms with E-state index in [1.165, 1.54) is 6.26 Å². The molecule has 1 heterocycles. The van der Waals surface area contributed by atoms with Crippen LogP contribution in [0.5, 0.6) is 0 Å². The number of imidazole rings is 1. The van der Waals surface area contributed by atoms with Crippen LogP contribution in [0.25, 0.3) is 0 Å². The summed E-state index contributed by atoms with van der Waals surface area (Å²) in [6.45, 7) is 4.04. The molecule has 1 rings (SSSR count). The van der Waals surface area contributed by atoms with Gasteiger partial charge in [0.15, 0.2) is 0 Å². The molecule has 0 atom stereocenters. The van der Waals surface area contributed by atoms with Crippen LogP contribution in [0.3, 0.4) is 0 Å². The Kier molecular flexibility index (Phi) is 4.28. The van der Waals surface area contributed by atoms with Crippen LogP contribution < -0.4 is 5.32 Å². The molecule has 0 aliphatic carbocycles. The lowest BCUT2D eigenvalue weighted by Crippen LogP contribution is -2.18. The third-order valence-corrected chi connectivity index (χ3v) is 2.96. The summed E-state index contributed by atoms with van der Waals surface area (Å²) in [5.41, 5.74) is 0. The van der Waals surface area contributed by atoms with Gasteiger partial charge >= 0.3 is 0 Å². The Morgan fingerprint density at radius 1 is 1.53 bits per heavy atom. The van der Waals surface area contributed by atoms with Crippen LogP contribution in [0.15, 0.2) is 12.4 Å². The summed E-state index contributed by atoms with van der Waals surface area (Å²) < 4.78 is 23.9. The van der Waals surface area contributed by atoms with Gasteiger partial charge in [0.1, 0.15) is 15.7 Å². The second kappa shape index (κ2) is 5.27. The first-order valence-electron chi connectivity index (χ1n) is 4.91. The number of rotatable bonds is 6. The molecule has 0 saturated carbocycles. The van der Waals surface area contributed by atoms with Gasteiger partial charge in [-0.1, -0.05) is 6.92 Å². The standard InChI is InChI=1S/C9H17N3O2S/c1-3-10-8-9-11-4-5-12(9)6-7-15(2,13)14/h4-5,10H,3,6-8H2,1-2H3. The molecule has 0 radical (unpaired) electrons. The van der Waals surface area contributed by atoms with Gasteiger partial charge in [0.05, 0.1) is 12.3 Å². The number of sulfone groups is 1. The smallest absolute Gasteiger partial charge is 0.149 e. The molecule has 6 heteroatoms. The first-order chi connectivity index (χ1) is 7.03. The lowest BCUT2D eigenvalue weighted by atomic mass is 10.5. The quantitative estimate of drug-likeness (QED) is 0.750. The third-order valence-electron chi connectivity index (χ3n) is 2.04. The van der Waals surface area contributed by atoms with Gasteiger partial charge in [0, 0.05) is 25.2 Å². The average molecular weight is 231 g/mol. The number of hydrogen-bond donors (Lipinski definition) is 1. The van der Waals surface area contributed by atoms with E-state index in [9.17, 15) is 8.42 Å². The Morgan fingerprint density at radius 3 is 2.87 bits per heavy atom. The fourth-order valence-corrected chi connectivity index (χ4v) is 1.74. The van der Waals surface area contributed by atoms with Crippen LogP contribution in [0, 0.1) is 0 Å². The van der Waals surface area contributed by atoms with Gasteiger partial charge in [-0.2, -0.15) is 0 Å². The molecule has 1 aromatic rings. The highest BCUT2D eigenvalue weighted by Crippen LogP contribution is 1.98. The van der Waals surface area contributed by atoms with Crippen LogP contribution in [-0.2, 0) is 22.9 Å². The molecule has 5 nitrogen and oxygen atoms in total. The molecule has 0 fully saturated rings.